The molecule has 3 heterocycles. The summed E-state index contributed by atoms with van der Waals surface area (Å²) in [5.41, 5.74) is 2.24. The highest BCUT2D eigenvalue weighted by Crippen LogP contribution is 2.29. The number of imidazole rings is 1. The fourth-order valence-corrected chi connectivity index (χ4v) is 5.15. The van der Waals surface area contributed by atoms with Gasteiger partial charge in [-0.1, -0.05) is 36.4 Å². The van der Waals surface area contributed by atoms with Crippen LogP contribution >= 0.6 is 0 Å². The number of carbonyl (C=O) groups excluding carboxylic acids is 1. The number of hydrogen-bond donors (Lipinski definition) is 0. The summed E-state index contributed by atoms with van der Waals surface area (Å²) in [4.78, 5) is 20.0. The summed E-state index contributed by atoms with van der Waals surface area (Å²) in [6.07, 6.45) is 4.77. The van der Waals surface area contributed by atoms with Crippen LogP contribution in [0, 0.1) is 0 Å². The first-order valence-corrected chi connectivity index (χ1v) is 12.5. The number of aromatic nitrogens is 2. The van der Waals surface area contributed by atoms with E-state index in [1.807, 2.05) is 66.1 Å². The molecule has 0 N–H and O–H groups in total. The van der Waals surface area contributed by atoms with E-state index < -0.39 is 10.0 Å². The van der Waals surface area contributed by atoms with Gasteiger partial charge in [0, 0.05) is 38.3 Å². The molecular formula is C23H28N4O3S. The van der Waals surface area contributed by atoms with Crippen LogP contribution in [0.1, 0.15) is 47.6 Å². The molecule has 0 spiro atoms. The lowest BCUT2D eigenvalue weighted by atomic mass is 9.99. The van der Waals surface area contributed by atoms with Crippen LogP contribution < -0.4 is 0 Å². The molecule has 7 nitrogen and oxygen atoms in total. The van der Waals surface area contributed by atoms with Crippen molar-refractivity contribution in [3.63, 3.8) is 0 Å². The average molecular weight is 441 g/mol. The van der Waals surface area contributed by atoms with E-state index in [9.17, 15) is 13.2 Å². The second kappa shape index (κ2) is 8.80. The van der Waals surface area contributed by atoms with Crippen LogP contribution in [-0.2, 0) is 16.6 Å². The molecule has 31 heavy (non-hydrogen) atoms. The highest BCUT2D eigenvalue weighted by molar-refractivity contribution is 7.88. The summed E-state index contributed by atoms with van der Waals surface area (Å²) >= 11 is 0. The third kappa shape index (κ3) is 4.50. The number of benzene rings is 1. The Bertz CT molecular complexity index is 1170. The van der Waals surface area contributed by atoms with Crippen molar-refractivity contribution in [1.29, 1.82) is 0 Å². The van der Waals surface area contributed by atoms with Gasteiger partial charge in [0.15, 0.2) is 5.69 Å². The van der Waals surface area contributed by atoms with Crippen molar-refractivity contribution >= 4 is 21.4 Å². The highest BCUT2D eigenvalue weighted by Gasteiger charge is 2.31. The maximum Gasteiger partial charge on any atom is 0.275 e. The van der Waals surface area contributed by atoms with Crippen LogP contribution in [0.5, 0.6) is 0 Å². The van der Waals surface area contributed by atoms with Crippen LogP contribution in [0.25, 0.3) is 5.52 Å². The first-order chi connectivity index (χ1) is 14.9. The van der Waals surface area contributed by atoms with Crippen LogP contribution in [0.4, 0.5) is 0 Å². The summed E-state index contributed by atoms with van der Waals surface area (Å²) in [6, 6.07) is 15.6. The van der Waals surface area contributed by atoms with Crippen molar-refractivity contribution in [2.45, 2.75) is 32.2 Å². The maximum absolute atomic E-state index is 13.5. The predicted octanol–water partition coefficient (Wildman–Crippen LogP) is 3.14. The molecule has 0 bridgehead atoms. The second-order valence-electron chi connectivity index (χ2n) is 8.04. The third-order valence-corrected chi connectivity index (χ3v) is 7.15. The summed E-state index contributed by atoms with van der Waals surface area (Å²) < 4.78 is 27.6. The molecule has 1 aromatic carbocycles. The Morgan fingerprint density at radius 1 is 1.16 bits per heavy atom. The fourth-order valence-electron chi connectivity index (χ4n) is 4.24. The molecule has 164 valence electrons. The smallest absolute Gasteiger partial charge is 0.275 e. The number of pyridine rings is 1. The third-order valence-electron chi connectivity index (χ3n) is 5.88. The molecule has 1 aliphatic rings. The molecule has 1 fully saturated rings. The molecule has 8 heteroatoms. The van der Waals surface area contributed by atoms with Gasteiger partial charge in [0.2, 0.25) is 10.0 Å². The van der Waals surface area contributed by atoms with Gasteiger partial charge in [-0.05, 0) is 37.5 Å². The summed E-state index contributed by atoms with van der Waals surface area (Å²) in [5.74, 6) is 0.587. The molecule has 4 rings (SSSR count). The number of piperidine rings is 1. The molecule has 1 aliphatic heterocycles. The number of carbonyl (C=O) groups is 1. The monoisotopic (exact) mass is 440 g/mol. The van der Waals surface area contributed by atoms with E-state index >= 15 is 0 Å². The number of nitrogens with zero attached hydrogens (tertiary/aromatic N) is 4. The van der Waals surface area contributed by atoms with E-state index in [1.165, 1.54) is 10.6 Å². The van der Waals surface area contributed by atoms with Gasteiger partial charge >= 0.3 is 0 Å². The van der Waals surface area contributed by atoms with Gasteiger partial charge in [-0.2, -0.15) is 0 Å². The van der Waals surface area contributed by atoms with E-state index in [-0.39, 0.29) is 11.8 Å². The van der Waals surface area contributed by atoms with Gasteiger partial charge in [0.1, 0.15) is 5.82 Å². The van der Waals surface area contributed by atoms with Crippen molar-refractivity contribution < 1.29 is 13.2 Å². The van der Waals surface area contributed by atoms with Gasteiger partial charge in [0.05, 0.1) is 11.8 Å². The number of fused-ring (bicyclic) bond motifs is 1. The lowest BCUT2D eigenvalue weighted by Crippen LogP contribution is -2.38. The van der Waals surface area contributed by atoms with Gasteiger partial charge in [-0.3, -0.25) is 4.79 Å². The molecule has 1 saturated heterocycles. The standard InChI is InChI=1S/C23H28N4O3S/c1-3-25(16-18-10-5-4-6-11-18)23(28)21-20-13-7-8-15-27(20)22(24-21)19-12-9-14-26(17-19)31(2,29)30/h4-8,10-11,13,15,19H,3,9,12,14,16-17H2,1-2H3. The number of sulfonamides is 1. The highest BCUT2D eigenvalue weighted by atomic mass is 32.2. The van der Waals surface area contributed by atoms with E-state index in [2.05, 4.69) is 0 Å². The first kappa shape index (κ1) is 21.5. The fraction of sp³-hybridized carbons (Fsp3) is 0.391. The van der Waals surface area contributed by atoms with Crippen LogP contribution in [0.2, 0.25) is 0 Å². The minimum atomic E-state index is -3.26. The normalized spacial score (nSPS) is 17.7. The van der Waals surface area contributed by atoms with Crippen molar-refractivity contribution in [1.82, 2.24) is 18.6 Å². The minimum Gasteiger partial charge on any atom is -0.333 e. The Morgan fingerprint density at radius 3 is 2.61 bits per heavy atom. The Morgan fingerprint density at radius 2 is 1.90 bits per heavy atom. The largest absolute Gasteiger partial charge is 0.333 e. The average Bonchev–Trinajstić information content (AvgIpc) is 3.17. The topological polar surface area (TPSA) is 75.0 Å². The zero-order chi connectivity index (χ0) is 22.0. The molecule has 2 aromatic heterocycles. The maximum atomic E-state index is 13.5. The first-order valence-electron chi connectivity index (χ1n) is 10.6. The molecule has 0 aliphatic carbocycles. The van der Waals surface area contributed by atoms with Crippen molar-refractivity contribution in [2.75, 3.05) is 25.9 Å². The van der Waals surface area contributed by atoms with Gasteiger partial charge in [-0.15, -0.1) is 0 Å². The van der Waals surface area contributed by atoms with Crippen LogP contribution in [0.3, 0.4) is 0 Å². The Hall–Kier alpha value is -2.71. The lowest BCUT2D eigenvalue weighted by Gasteiger charge is -2.30. The van der Waals surface area contributed by atoms with E-state index in [1.54, 1.807) is 4.90 Å². The molecule has 1 atom stereocenters. The summed E-state index contributed by atoms with van der Waals surface area (Å²) in [5, 5.41) is 0. The second-order valence-corrected chi connectivity index (χ2v) is 10.0. The number of amides is 1. The SMILES string of the molecule is CCN(Cc1ccccc1)C(=O)c1nc(C2CCCN(S(C)(=O)=O)C2)n2ccccc12. The van der Waals surface area contributed by atoms with E-state index in [0.717, 1.165) is 29.7 Å². The molecule has 3 aromatic rings. The zero-order valence-electron chi connectivity index (χ0n) is 17.9. The van der Waals surface area contributed by atoms with Crippen LogP contribution in [-0.4, -0.2) is 58.8 Å². The van der Waals surface area contributed by atoms with Crippen molar-refractivity contribution in [2.24, 2.45) is 0 Å². The molecule has 1 amide bonds. The number of rotatable bonds is 6. The number of hydrogen-bond acceptors (Lipinski definition) is 4. The lowest BCUT2D eigenvalue weighted by molar-refractivity contribution is 0.0749. The van der Waals surface area contributed by atoms with Gasteiger partial charge in [0.25, 0.3) is 5.91 Å². The minimum absolute atomic E-state index is 0.0517. The van der Waals surface area contributed by atoms with E-state index in [4.69, 9.17) is 4.98 Å². The molecule has 1 unspecified atom stereocenters. The summed E-state index contributed by atoms with van der Waals surface area (Å²) in [6.45, 7) is 3.97. The zero-order valence-corrected chi connectivity index (χ0v) is 18.8. The quantitative estimate of drug-likeness (QED) is 0.590. The van der Waals surface area contributed by atoms with Crippen molar-refractivity contribution in [3.8, 4) is 0 Å². The van der Waals surface area contributed by atoms with E-state index in [0.29, 0.717) is 31.9 Å². The molecule has 0 saturated carbocycles. The predicted molar refractivity (Wildman–Crippen MR) is 120 cm³/mol. The molecule has 0 radical (unpaired) electrons. The van der Waals surface area contributed by atoms with Gasteiger partial charge in [-0.25, -0.2) is 17.7 Å². The van der Waals surface area contributed by atoms with Crippen LogP contribution in [0.15, 0.2) is 54.7 Å². The Kier molecular flexibility index (Phi) is 6.11. The Labute approximate surface area is 183 Å². The van der Waals surface area contributed by atoms with Crippen molar-refractivity contribution in [3.05, 3.63) is 71.8 Å². The summed E-state index contributed by atoms with van der Waals surface area (Å²) in [7, 11) is -3.26. The van der Waals surface area contributed by atoms with Gasteiger partial charge < -0.3 is 9.30 Å². The Balaban J connectivity index is 1.68. The molecular weight excluding hydrogens is 412 g/mol.